The molecule has 0 aromatic heterocycles. The lowest BCUT2D eigenvalue weighted by atomic mass is 10.0. The molecule has 0 atom stereocenters. The summed E-state index contributed by atoms with van der Waals surface area (Å²) in [7, 11) is 0. The second kappa shape index (κ2) is 5.10. The maximum absolute atomic E-state index is 5.88. The second-order valence-electron chi connectivity index (χ2n) is 4.85. The third kappa shape index (κ3) is 2.01. The zero-order valence-electron chi connectivity index (χ0n) is 10.8. The van der Waals surface area contributed by atoms with Crippen molar-refractivity contribution in [2.24, 2.45) is 0 Å². The molecule has 3 rings (SSSR count). The normalized spacial score (nSPS) is 18.7. The lowest BCUT2D eigenvalue weighted by Crippen LogP contribution is -2.32. The summed E-state index contributed by atoms with van der Waals surface area (Å²) in [5.74, 6) is 1.05. The topological polar surface area (TPSA) is 24.5 Å². The molecule has 98 valence electrons. The van der Waals surface area contributed by atoms with E-state index in [-0.39, 0.29) is 0 Å². The first-order chi connectivity index (χ1) is 8.81. The van der Waals surface area contributed by atoms with E-state index in [1.165, 1.54) is 21.3 Å². The van der Waals surface area contributed by atoms with Crippen molar-refractivity contribution in [3.63, 3.8) is 0 Å². The number of nitrogens with zero attached hydrogens (tertiary/aromatic N) is 1. The predicted molar refractivity (Wildman–Crippen MR) is 77.8 cm³/mol. The highest BCUT2D eigenvalue weighted by Crippen LogP contribution is 2.42. The minimum atomic E-state index is 0.788. The fourth-order valence-corrected chi connectivity index (χ4v) is 3.61. The van der Waals surface area contributed by atoms with Crippen molar-refractivity contribution in [3.8, 4) is 5.75 Å². The largest absolute Gasteiger partial charge is 0.488 e. The Kier molecular flexibility index (Phi) is 3.48. The van der Waals surface area contributed by atoms with E-state index in [1.807, 2.05) is 0 Å². The van der Waals surface area contributed by atoms with Crippen LogP contribution >= 0.6 is 15.9 Å². The first kappa shape index (κ1) is 12.3. The molecule has 1 N–H and O–H groups in total. The number of rotatable bonds is 1. The molecule has 3 nitrogen and oxygen atoms in total. The van der Waals surface area contributed by atoms with Crippen LogP contribution in [0.15, 0.2) is 10.5 Å². The van der Waals surface area contributed by atoms with Gasteiger partial charge in [0.15, 0.2) is 5.75 Å². The molecule has 0 radical (unpaired) electrons. The van der Waals surface area contributed by atoms with Gasteiger partial charge in [-0.1, -0.05) is 0 Å². The van der Waals surface area contributed by atoms with Crippen LogP contribution in [-0.4, -0.2) is 32.8 Å². The summed E-state index contributed by atoms with van der Waals surface area (Å²) in [5.41, 5.74) is 4.16. The minimum Gasteiger partial charge on any atom is -0.488 e. The van der Waals surface area contributed by atoms with Crippen LogP contribution in [0, 0.1) is 0 Å². The Hall–Kier alpha value is -0.740. The molecule has 0 saturated heterocycles. The average molecular weight is 311 g/mol. The Morgan fingerprint density at radius 3 is 3.06 bits per heavy atom. The van der Waals surface area contributed by atoms with Crippen LogP contribution in [0.25, 0.3) is 0 Å². The van der Waals surface area contributed by atoms with E-state index < -0.39 is 0 Å². The van der Waals surface area contributed by atoms with E-state index in [4.69, 9.17) is 4.74 Å². The first-order valence-electron chi connectivity index (χ1n) is 6.74. The predicted octanol–water partition coefficient (Wildman–Crippen LogP) is 2.36. The van der Waals surface area contributed by atoms with Crippen molar-refractivity contribution in [3.05, 3.63) is 21.7 Å². The van der Waals surface area contributed by atoms with Crippen molar-refractivity contribution in [2.45, 2.75) is 19.8 Å². The maximum atomic E-state index is 5.88. The highest BCUT2D eigenvalue weighted by Gasteiger charge is 2.24. The molecule has 0 saturated carbocycles. The number of ether oxygens (including phenoxy) is 1. The van der Waals surface area contributed by atoms with Crippen LogP contribution < -0.4 is 15.0 Å². The van der Waals surface area contributed by atoms with E-state index in [0.717, 1.165) is 51.4 Å². The van der Waals surface area contributed by atoms with Gasteiger partial charge in [0, 0.05) is 6.54 Å². The Labute approximate surface area is 117 Å². The van der Waals surface area contributed by atoms with E-state index in [9.17, 15) is 0 Å². The molecule has 2 heterocycles. The summed E-state index contributed by atoms with van der Waals surface area (Å²) >= 11 is 3.76. The Morgan fingerprint density at radius 1 is 1.39 bits per heavy atom. The Balaban J connectivity index is 2.12. The van der Waals surface area contributed by atoms with Crippen LogP contribution in [0.4, 0.5) is 5.69 Å². The van der Waals surface area contributed by atoms with Crippen LogP contribution in [0.3, 0.4) is 0 Å². The van der Waals surface area contributed by atoms with Gasteiger partial charge in [0.2, 0.25) is 0 Å². The van der Waals surface area contributed by atoms with E-state index in [2.05, 4.69) is 39.1 Å². The molecule has 0 fully saturated rings. The number of benzene rings is 1. The van der Waals surface area contributed by atoms with Gasteiger partial charge in [-0.3, -0.25) is 0 Å². The summed E-state index contributed by atoms with van der Waals surface area (Å²) in [4.78, 5) is 2.40. The Bertz CT molecular complexity index is 462. The average Bonchev–Trinajstić information content (AvgIpc) is 2.64. The van der Waals surface area contributed by atoms with Gasteiger partial charge in [-0.2, -0.15) is 0 Å². The van der Waals surface area contributed by atoms with Crippen molar-refractivity contribution in [1.29, 1.82) is 0 Å². The number of hydrogen-bond donors (Lipinski definition) is 1. The van der Waals surface area contributed by atoms with Gasteiger partial charge in [-0.25, -0.2) is 0 Å². The molecular weight excluding hydrogens is 292 g/mol. The highest BCUT2D eigenvalue weighted by molar-refractivity contribution is 9.10. The van der Waals surface area contributed by atoms with Gasteiger partial charge >= 0.3 is 0 Å². The summed E-state index contributed by atoms with van der Waals surface area (Å²) < 4.78 is 7.06. The third-order valence-corrected chi connectivity index (χ3v) is 4.69. The minimum absolute atomic E-state index is 0.788. The molecule has 0 amide bonds. The summed E-state index contributed by atoms with van der Waals surface area (Å²) in [5, 5.41) is 3.46. The van der Waals surface area contributed by atoms with Gasteiger partial charge in [-0.15, -0.1) is 0 Å². The van der Waals surface area contributed by atoms with Gasteiger partial charge in [0.05, 0.1) is 16.7 Å². The molecule has 2 aliphatic rings. The van der Waals surface area contributed by atoms with E-state index in [1.54, 1.807) is 0 Å². The molecule has 0 bridgehead atoms. The van der Waals surface area contributed by atoms with E-state index in [0.29, 0.717) is 0 Å². The number of halogens is 1. The SMILES string of the molecule is CCN1CCOc2c1cc1c(c2Br)CCNCC1. The summed E-state index contributed by atoms with van der Waals surface area (Å²) in [6.45, 7) is 7.16. The number of hydrogen-bond acceptors (Lipinski definition) is 3. The first-order valence-corrected chi connectivity index (χ1v) is 7.53. The fourth-order valence-electron chi connectivity index (χ4n) is 2.84. The lowest BCUT2D eigenvalue weighted by molar-refractivity contribution is 0.306. The molecule has 4 heteroatoms. The molecule has 1 aromatic carbocycles. The van der Waals surface area contributed by atoms with Crippen LogP contribution in [0.2, 0.25) is 0 Å². The second-order valence-corrected chi connectivity index (χ2v) is 5.65. The van der Waals surface area contributed by atoms with Crippen LogP contribution in [-0.2, 0) is 12.8 Å². The standard InChI is InChI=1S/C14H19BrN2O/c1-2-17-7-8-18-14-12(17)9-10-3-5-16-6-4-11(10)13(14)15/h9,16H,2-8H2,1H3. The van der Waals surface area contributed by atoms with Crippen LogP contribution in [0.5, 0.6) is 5.75 Å². The Morgan fingerprint density at radius 2 is 2.22 bits per heavy atom. The molecule has 2 aliphatic heterocycles. The van der Waals surface area contributed by atoms with Gasteiger partial charge in [0.25, 0.3) is 0 Å². The number of nitrogens with one attached hydrogen (secondary N) is 1. The molecule has 18 heavy (non-hydrogen) atoms. The van der Waals surface area contributed by atoms with Crippen LogP contribution in [0.1, 0.15) is 18.1 Å². The summed E-state index contributed by atoms with van der Waals surface area (Å²) in [6, 6.07) is 2.34. The van der Waals surface area contributed by atoms with Crippen molar-refractivity contribution in [1.82, 2.24) is 5.32 Å². The molecule has 0 spiro atoms. The molecule has 1 aromatic rings. The maximum Gasteiger partial charge on any atom is 0.157 e. The smallest absolute Gasteiger partial charge is 0.157 e. The molecule has 0 unspecified atom stereocenters. The fraction of sp³-hybridized carbons (Fsp3) is 0.571. The van der Waals surface area contributed by atoms with Crippen molar-refractivity contribution in [2.75, 3.05) is 37.7 Å². The molecule has 0 aliphatic carbocycles. The number of fused-ring (bicyclic) bond motifs is 2. The zero-order chi connectivity index (χ0) is 12.5. The molecular formula is C14H19BrN2O. The van der Waals surface area contributed by atoms with Gasteiger partial charge in [-0.05, 0) is 66.0 Å². The summed E-state index contributed by atoms with van der Waals surface area (Å²) in [6.07, 6.45) is 2.19. The quantitative estimate of drug-likeness (QED) is 0.862. The highest BCUT2D eigenvalue weighted by atomic mass is 79.9. The van der Waals surface area contributed by atoms with Crippen molar-refractivity contribution < 1.29 is 4.74 Å². The van der Waals surface area contributed by atoms with E-state index >= 15 is 0 Å². The van der Waals surface area contributed by atoms with Crippen molar-refractivity contribution >= 4 is 21.6 Å². The number of likely N-dealkylation sites (N-methyl/N-ethyl adjacent to an activating group) is 1. The zero-order valence-corrected chi connectivity index (χ0v) is 12.3. The lowest BCUT2D eigenvalue weighted by Gasteiger charge is -2.32. The monoisotopic (exact) mass is 310 g/mol. The van der Waals surface area contributed by atoms with Gasteiger partial charge < -0.3 is 15.0 Å². The third-order valence-electron chi connectivity index (χ3n) is 3.85. The number of anilines is 1. The van der Waals surface area contributed by atoms with Gasteiger partial charge in [0.1, 0.15) is 6.61 Å².